The van der Waals surface area contributed by atoms with E-state index in [-0.39, 0.29) is 17.4 Å². The molecular formula is C21H20N2O5. The number of carbonyl (C=O) groups is 2. The van der Waals surface area contributed by atoms with Crippen LogP contribution in [0.4, 0.5) is 16.2 Å². The number of benzene rings is 2. The maximum Gasteiger partial charge on any atom is 0.414 e. The van der Waals surface area contributed by atoms with Crippen molar-refractivity contribution in [2.75, 3.05) is 18.1 Å². The Bertz CT molecular complexity index is 965. The summed E-state index contributed by atoms with van der Waals surface area (Å²) in [5.41, 5.74) is 2.28. The second-order valence-electron chi connectivity index (χ2n) is 6.74. The van der Waals surface area contributed by atoms with E-state index in [0.29, 0.717) is 35.5 Å². The Kier molecular flexibility index (Phi) is 5.54. The number of hydrogen-bond donors (Lipinski definition) is 0. The van der Waals surface area contributed by atoms with E-state index in [1.807, 2.05) is 13.8 Å². The minimum absolute atomic E-state index is 0.0279. The Morgan fingerprint density at radius 3 is 2.68 bits per heavy atom. The Labute approximate surface area is 162 Å². The van der Waals surface area contributed by atoms with Crippen LogP contribution in [-0.4, -0.2) is 30.0 Å². The molecule has 144 valence electrons. The minimum atomic E-state index is -0.433. The molecule has 2 aromatic rings. The molecule has 28 heavy (non-hydrogen) atoms. The van der Waals surface area contributed by atoms with Gasteiger partial charge in [-0.2, -0.15) is 0 Å². The van der Waals surface area contributed by atoms with Crippen LogP contribution in [0.25, 0.3) is 6.08 Å². The Morgan fingerprint density at radius 1 is 1.25 bits per heavy atom. The molecule has 0 bridgehead atoms. The third-order valence-corrected chi connectivity index (χ3v) is 4.50. The first-order valence-electron chi connectivity index (χ1n) is 8.92. The number of nitrogens with zero attached hydrogens (tertiary/aromatic N) is 2. The van der Waals surface area contributed by atoms with E-state index in [1.165, 1.54) is 17.0 Å². The quantitative estimate of drug-likeness (QED) is 0.317. The van der Waals surface area contributed by atoms with Gasteiger partial charge >= 0.3 is 6.09 Å². The van der Waals surface area contributed by atoms with Crippen LogP contribution in [0.1, 0.15) is 41.3 Å². The van der Waals surface area contributed by atoms with Crippen LogP contribution in [0.5, 0.6) is 0 Å². The molecule has 0 aliphatic carbocycles. The van der Waals surface area contributed by atoms with Gasteiger partial charge in [0.1, 0.15) is 6.61 Å². The molecule has 1 aliphatic rings. The van der Waals surface area contributed by atoms with Crippen LogP contribution in [0.15, 0.2) is 48.5 Å². The second-order valence-corrected chi connectivity index (χ2v) is 6.74. The van der Waals surface area contributed by atoms with E-state index in [2.05, 4.69) is 0 Å². The van der Waals surface area contributed by atoms with Gasteiger partial charge in [0.05, 0.1) is 11.5 Å². The number of ether oxygens (including phenoxy) is 1. The van der Waals surface area contributed by atoms with E-state index in [0.717, 1.165) is 0 Å². The van der Waals surface area contributed by atoms with Crippen molar-refractivity contribution >= 4 is 29.3 Å². The molecule has 1 aliphatic heterocycles. The van der Waals surface area contributed by atoms with Gasteiger partial charge in [-0.05, 0) is 29.7 Å². The molecule has 0 unspecified atom stereocenters. The summed E-state index contributed by atoms with van der Waals surface area (Å²) in [7, 11) is 0. The van der Waals surface area contributed by atoms with Crippen molar-refractivity contribution in [1.82, 2.24) is 0 Å². The van der Waals surface area contributed by atoms with E-state index in [9.17, 15) is 19.7 Å². The third kappa shape index (κ3) is 4.09. The van der Waals surface area contributed by atoms with Crippen LogP contribution in [0.3, 0.4) is 0 Å². The number of amides is 1. The number of hydrogen-bond acceptors (Lipinski definition) is 5. The Hall–Kier alpha value is -3.48. The molecule has 7 nitrogen and oxygen atoms in total. The van der Waals surface area contributed by atoms with Gasteiger partial charge in [0.2, 0.25) is 0 Å². The van der Waals surface area contributed by atoms with Crippen molar-refractivity contribution in [2.45, 2.75) is 19.8 Å². The molecule has 3 rings (SSSR count). The van der Waals surface area contributed by atoms with Gasteiger partial charge in [-0.15, -0.1) is 0 Å². The number of nitro groups is 1. The van der Waals surface area contributed by atoms with Crippen LogP contribution in [0, 0.1) is 10.1 Å². The van der Waals surface area contributed by atoms with Crippen molar-refractivity contribution in [2.24, 2.45) is 0 Å². The normalized spacial score (nSPS) is 14.0. The highest BCUT2D eigenvalue weighted by Gasteiger charge is 2.24. The molecule has 1 heterocycles. The summed E-state index contributed by atoms with van der Waals surface area (Å²) >= 11 is 0. The van der Waals surface area contributed by atoms with Gasteiger partial charge in [0, 0.05) is 22.9 Å². The standard InChI is InChI=1S/C21H20N2O5/c1-14(2)18-8-6-15(12-19(18)23(26)27)7-9-20(24)16-4-3-5-17(13-16)22-10-11-28-21(22)25/h3-9,12-14H,10-11H2,1-2H3/b9-7-. The fourth-order valence-electron chi connectivity index (χ4n) is 3.03. The molecule has 1 amide bonds. The average molecular weight is 380 g/mol. The summed E-state index contributed by atoms with van der Waals surface area (Å²) in [5.74, 6) is -0.231. The Morgan fingerprint density at radius 2 is 2.04 bits per heavy atom. The predicted molar refractivity (Wildman–Crippen MR) is 106 cm³/mol. The van der Waals surface area contributed by atoms with E-state index < -0.39 is 11.0 Å². The van der Waals surface area contributed by atoms with E-state index in [4.69, 9.17) is 4.74 Å². The van der Waals surface area contributed by atoms with Crippen LogP contribution in [0.2, 0.25) is 0 Å². The average Bonchev–Trinajstić information content (AvgIpc) is 3.11. The van der Waals surface area contributed by atoms with E-state index in [1.54, 1.807) is 42.5 Å². The largest absolute Gasteiger partial charge is 0.447 e. The highest BCUT2D eigenvalue weighted by molar-refractivity contribution is 6.07. The van der Waals surface area contributed by atoms with Crippen molar-refractivity contribution in [1.29, 1.82) is 0 Å². The maximum absolute atomic E-state index is 12.5. The molecular weight excluding hydrogens is 360 g/mol. The lowest BCUT2D eigenvalue weighted by Crippen LogP contribution is -2.23. The minimum Gasteiger partial charge on any atom is -0.447 e. The highest BCUT2D eigenvalue weighted by atomic mass is 16.6. The molecule has 0 saturated carbocycles. The molecule has 0 spiro atoms. The van der Waals surface area contributed by atoms with Crippen molar-refractivity contribution in [3.05, 3.63) is 75.3 Å². The summed E-state index contributed by atoms with van der Waals surface area (Å²) in [6, 6.07) is 11.7. The molecule has 2 aromatic carbocycles. The first kappa shape index (κ1) is 19.3. The SMILES string of the molecule is CC(C)c1ccc(/C=C\C(=O)c2cccc(N3CCOC3=O)c2)cc1[N+](=O)[O-]. The van der Waals surface area contributed by atoms with Crippen molar-refractivity contribution in [3.63, 3.8) is 0 Å². The lowest BCUT2D eigenvalue weighted by atomic mass is 9.99. The molecule has 1 fully saturated rings. The highest BCUT2D eigenvalue weighted by Crippen LogP contribution is 2.28. The van der Waals surface area contributed by atoms with Crippen LogP contribution in [-0.2, 0) is 4.74 Å². The monoisotopic (exact) mass is 380 g/mol. The predicted octanol–water partition coefficient (Wildman–Crippen LogP) is 4.57. The summed E-state index contributed by atoms with van der Waals surface area (Å²) in [6.07, 6.45) is 2.49. The number of rotatable bonds is 6. The van der Waals surface area contributed by atoms with E-state index >= 15 is 0 Å². The zero-order chi connectivity index (χ0) is 20.3. The number of allylic oxidation sites excluding steroid dienone is 1. The van der Waals surface area contributed by atoms with Crippen LogP contribution < -0.4 is 4.90 Å². The smallest absolute Gasteiger partial charge is 0.414 e. The number of cyclic esters (lactones) is 1. The Balaban J connectivity index is 1.81. The third-order valence-electron chi connectivity index (χ3n) is 4.50. The summed E-state index contributed by atoms with van der Waals surface area (Å²) in [5, 5.41) is 11.3. The summed E-state index contributed by atoms with van der Waals surface area (Å²) in [4.78, 5) is 36.5. The first-order chi connectivity index (χ1) is 13.4. The molecule has 1 saturated heterocycles. The molecule has 0 radical (unpaired) electrons. The lowest BCUT2D eigenvalue weighted by molar-refractivity contribution is -0.385. The fourth-order valence-corrected chi connectivity index (χ4v) is 3.03. The van der Waals surface area contributed by atoms with Gasteiger partial charge < -0.3 is 4.74 Å². The molecule has 0 aromatic heterocycles. The van der Waals surface area contributed by atoms with Gasteiger partial charge in [0.25, 0.3) is 5.69 Å². The van der Waals surface area contributed by atoms with Gasteiger partial charge in [-0.3, -0.25) is 19.8 Å². The fraction of sp³-hybridized carbons (Fsp3) is 0.238. The lowest BCUT2D eigenvalue weighted by Gasteiger charge is -2.13. The van der Waals surface area contributed by atoms with Crippen molar-refractivity contribution in [3.8, 4) is 0 Å². The number of carbonyl (C=O) groups excluding carboxylic acids is 2. The molecule has 0 N–H and O–H groups in total. The zero-order valence-electron chi connectivity index (χ0n) is 15.6. The maximum atomic E-state index is 12.5. The number of ketones is 1. The van der Waals surface area contributed by atoms with Gasteiger partial charge in [-0.1, -0.05) is 44.2 Å². The topological polar surface area (TPSA) is 89.8 Å². The van der Waals surface area contributed by atoms with Crippen LogP contribution >= 0.6 is 0 Å². The number of anilines is 1. The summed E-state index contributed by atoms with van der Waals surface area (Å²) in [6.45, 7) is 4.55. The molecule has 0 atom stereocenters. The summed E-state index contributed by atoms with van der Waals surface area (Å²) < 4.78 is 4.92. The number of nitro benzene ring substituents is 1. The van der Waals surface area contributed by atoms with Gasteiger partial charge in [0.15, 0.2) is 5.78 Å². The second kappa shape index (κ2) is 8.04. The van der Waals surface area contributed by atoms with Crippen molar-refractivity contribution < 1.29 is 19.2 Å². The van der Waals surface area contributed by atoms with Gasteiger partial charge in [-0.25, -0.2) is 4.79 Å². The molecule has 7 heteroatoms. The zero-order valence-corrected chi connectivity index (χ0v) is 15.6. The first-order valence-corrected chi connectivity index (χ1v) is 8.92.